The van der Waals surface area contributed by atoms with Gasteiger partial charge in [0, 0.05) is 52.0 Å². The lowest BCUT2D eigenvalue weighted by Gasteiger charge is -2.35. The highest BCUT2D eigenvalue weighted by atomic mass is 32.2. The Balaban J connectivity index is 1.13. The Morgan fingerprint density at radius 1 is 1.11 bits per heavy atom. The minimum Gasteiger partial charge on any atom is -0.479 e. The van der Waals surface area contributed by atoms with Gasteiger partial charge >= 0.3 is 12.1 Å². The number of morpholine rings is 1. The summed E-state index contributed by atoms with van der Waals surface area (Å²) in [7, 11) is 1.43. The third-order valence-corrected chi connectivity index (χ3v) is 7.26. The molecule has 2 aromatic rings. The first-order valence-electron chi connectivity index (χ1n) is 11.6. The molecule has 5 rings (SSSR count). The molecule has 0 aromatic carbocycles. The van der Waals surface area contributed by atoms with Crippen LogP contribution in [0.4, 0.5) is 21.1 Å². The number of urea groups is 1. The first-order valence-corrected chi connectivity index (χ1v) is 12.5. The highest BCUT2D eigenvalue weighted by molar-refractivity contribution is 8.00. The molecule has 2 aromatic heterocycles. The zero-order valence-corrected chi connectivity index (χ0v) is 20.7. The Kier molecular flexibility index (Phi) is 7.25. The van der Waals surface area contributed by atoms with Crippen molar-refractivity contribution in [3.8, 4) is 5.88 Å². The molecular weight excluding hydrogens is 488 g/mol. The van der Waals surface area contributed by atoms with Crippen molar-refractivity contribution >= 4 is 35.4 Å². The number of ether oxygens (including phenoxy) is 3. The van der Waals surface area contributed by atoms with Gasteiger partial charge in [0.15, 0.2) is 0 Å². The van der Waals surface area contributed by atoms with Crippen LogP contribution in [-0.4, -0.2) is 102 Å². The van der Waals surface area contributed by atoms with Gasteiger partial charge in [-0.25, -0.2) is 24.5 Å². The summed E-state index contributed by atoms with van der Waals surface area (Å²) in [4.78, 5) is 45.0. The average molecular weight is 517 g/mol. The van der Waals surface area contributed by atoms with Crippen LogP contribution >= 0.6 is 11.8 Å². The summed E-state index contributed by atoms with van der Waals surface area (Å²) in [6, 6.07) is 3.36. The molecule has 3 amide bonds. The molecule has 3 aliphatic rings. The number of hydrogen-bond donors (Lipinski definition) is 1. The Morgan fingerprint density at radius 2 is 1.89 bits per heavy atom. The van der Waals surface area contributed by atoms with Crippen molar-refractivity contribution in [2.75, 3.05) is 69.4 Å². The maximum atomic E-state index is 12.9. The van der Waals surface area contributed by atoms with Crippen LogP contribution in [0.25, 0.3) is 0 Å². The maximum Gasteiger partial charge on any atom is 0.412 e. The van der Waals surface area contributed by atoms with Crippen LogP contribution in [0.3, 0.4) is 0 Å². The topological polar surface area (TPSA) is 139 Å². The quantitative estimate of drug-likeness (QED) is 0.568. The van der Waals surface area contributed by atoms with E-state index >= 15 is 0 Å². The van der Waals surface area contributed by atoms with Crippen LogP contribution in [-0.2, 0) is 16.0 Å². The molecule has 1 unspecified atom stereocenters. The number of nitrogens with two attached hydrogens (primary N) is 1. The molecule has 36 heavy (non-hydrogen) atoms. The number of carbonyl (C=O) groups excluding carboxylic acids is 2. The normalized spacial score (nSPS) is 20.2. The molecule has 0 bridgehead atoms. The number of methoxy groups -OCH3 is 1. The predicted octanol–water partition coefficient (Wildman–Crippen LogP) is 0.946. The Hall–Kier alpha value is -3.36. The van der Waals surface area contributed by atoms with Crippen LogP contribution < -0.4 is 20.3 Å². The standard InChI is InChI=1S/C22H28N8O5S/c1-33-18-17-19(26-14-25-18)36-22(30(17)20(23)31)35-21(32)29-6-4-27(5-7-29)13-15-2-3-16(24-12-15)28-8-10-34-11-9-28/h2-3,12,14,22H,4-11,13H2,1H3,(H2,23,31). The maximum absolute atomic E-state index is 12.9. The van der Waals surface area contributed by atoms with Crippen LogP contribution in [0.5, 0.6) is 5.88 Å². The number of pyridine rings is 1. The number of carbonyl (C=O) groups is 2. The summed E-state index contributed by atoms with van der Waals surface area (Å²) < 4.78 is 16.3. The van der Waals surface area contributed by atoms with Crippen LogP contribution in [0, 0.1) is 0 Å². The number of primary amides is 1. The number of piperazine rings is 1. The van der Waals surface area contributed by atoms with Gasteiger partial charge in [0.25, 0.3) is 0 Å². The second-order valence-corrected chi connectivity index (χ2v) is 9.47. The number of anilines is 2. The first-order chi connectivity index (χ1) is 17.5. The van der Waals surface area contributed by atoms with Crippen molar-refractivity contribution in [3.63, 3.8) is 0 Å². The Bertz CT molecular complexity index is 1090. The summed E-state index contributed by atoms with van der Waals surface area (Å²) in [6.45, 7) is 6.30. The van der Waals surface area contributed by atoms with E-state index in [-0.39, 0.29) is 5.88 Å². The second kappa shape index (κ2) is 10.7. The Labute approximate surface area is 212 Å². The van der Waals surface area contributed by atoms with Crippen molar-refractivity contribution in [2.45, 2.75) is 17.1 Å². The monoisotopic (exact) mass is 516 g/mol. The van der Waals surface area contributed by atoms with E-state index in [4.69, 9.17) is 19.9 Å². The number of thioether (sulfide) groups is 1. The molecule has 0 radical (unpaired) electrons. The fourth-order valence-corrected chi connectivity index (χ4v) is 5.37. The van der Waals surface area contributed by atoms with E-state index in [9.17, 15) is 9.59 Å². The lowest BCUT2D eigenvalue weighted by molar-refractivity contribution is 0.0690. The molecule has 0 spiro atoms. The predicted molar refractivity (Wildman–Crippen MR) is 131 cm³/mol. The molecule has 192 valence electrons. The summed E-state index contributed by atoms with van der Waals surface area (Å²) >= 11 is 1.10. The van der Waals surface area contributed by atoms with E-state index in [0.29, 0.717) is 36.9 Å². The number of nitrogens with zero attached hydrogens (tertiary/aromatic N) is 7. The highest BCUT2D eigenvalue weighted by Crippen LogP contribution is 2.46. The molecular formula is C22H28N8O5S. The summed E-state index contributed by atoms with van der Waals surface area (Å²) in [5.41, 5.74) is 6.00. The van der Waals surface area contributed by atoms with Gasteiger partial charge < -0.3 is 29.7 Å². The average Bonchev–Trinajstić information content (AvgIpc) is 3.28. The van der Waals surface area contributed by atoms with Gasteiger partial charge in [-0.15, -0.1) is 0 Å². The van der Waals surface area contributed by atoms with Gasteiger partial charge in [-0.1, -0.05) is 6.07 Å². The van der Waals surface area contributed by atoms with Gasteiger partial charge in [0.1, 0.15) is 22.9 Å². The lowest BCUT2D eigenvalue weighted by Crippen LogP contribution is -2.50. The zero-order chi connectivity index (χ0) is 25.1. The molecule has 1 atom stereocenters. The summed E-state index contributed by atoms with van der Waals surface area (Å²) in [6.07, 6.45) is 2.71. The van der Waals surface area contributed by atoms with Gasteiger partial charge in [-0.2, -0.15) is 4.98 Å². The third-order valence-electron chi connectivity index (χ3n) is 6.23. The molecule has 5 heterocycles. The van der Waals surface area contributed by atoms with E-state index in [1.54, 1.807) is 4.90 Å². The molecule has 2 N–H and O–H groups in total. The molecule has 0 aliphatic carbocycles. The summed E-state index contributed by atoms with van der Waals surface area (Å²) in [5, 5.41) is 0.455. The van der Waals surface area contributed by atoms with Gasteiger partial charge in [0.05, 0.1) is 20.3 Å². The fourth-order valence-electron chi connectivity index (χ4n) is 4.33. The first kappa shape index (κ1) is 24.3. The molecule has 13 nitrogen and oxygen atoms in total. The SMILES string of the molecule is COc1ncnc2c1N(C(N)=O)C(OC(=O)N1CCN(Cc3ccc(N4CCOCC4)nc3)CC1)S2. The van der Waals surface area contributed by atoms with E-state index in [2.05, 4.69) is 36.9 Å². The number of fused-ring (bicyclic) bond motifs is 1. The van der Waals surface area contributed by atoms with Crippen molar-refractivity contribution in [1.29, 1.82) is 0 Å². The van der Waals surface area contributed by atoms with Crippen molar-refractivity contribution in [3.05, 3.63) is 30.2 Å². The second-order valence-electron chi connectivity index (χ2n) is 8.44. The van der Waals surface area contributed by atoms with Gasteiger partial charge in [-0.3, -0.25) is 4.90 Å². The minimum absolute atomic E-state index is 0.186. The lowest BCUT2D eigenvalue weighted by atomic mass is 10.2. The van der Waals surface area contributed by atoms with Crippen molar-refractivity contribution in [2.24, 2.45) is 5.73 Å². The molecule has 2 fully saturated rings. The number of hydrogen-bond acceptors (Lipinski definition) is 11. The van der Waals surface area contributed by atoms with Crippen LogP contribution in [0.1, 0.15) is 5.56 Å². The van der Waals surface area contributed by atoms with E-state index in [0.717, 1.165) is 60.9 Å². The van der Waals surface area contributed by atoms with E-state index < -0.39 is 17.7 Å². The molecule has 2 saturated heterocycles. The van der Waals surface area contributed by atoms with Gasteiger partial charge in [0.2, 0.25) is 11.4 Å². The largest absolute Gasteiger partial charge is 0.479 e. The number of aromatic nitrogens is 3. The van der Waals surface area contributed by atoms with E-state index in [1.807, 2.05) is 6.20 Å². The molecule has 3 aliphatic heterocycles. The van der Waals surface area contributed by atoms with Crippen molar-refractivity contribution < 1.29 is 23.8 Å². The van der Waals surface area contributed by atoms with Crippen molar-refractivity contribution in [1.82, 2.24) is 24.8 Å². The Morgan fingerprint density at radius 3 is 2.56 bits per heavy atom. The third kappa shape index (κ3) is 5.10. The van der Waals surface area contributed by atoms with Gasteiger partial charge in [-0.05, 0) is 23.4 Å². The smallest absolute Gasteiger partial charge is 0.412 e. The minimum atomic E-state index is -0.982. The molecule has 0 saturated carbocycles. The van der Waals surface area contributed by atoms with E-state index in [1.165, 1.54) is 13.4 Å². The number of amides is 3. The fraction of sp³-hybridized carbons (Fsp3) is 0.500. The molecule has 14 heteroatoms. The summed E-state index contributed by atoms with van der Waals surface area (Å²) in [5.74, 6) is 1.15. The van der Waals surface area contributed by atoms with Crippen LogP contribution in [0.2, 0.25) is 0 Å². The van der Waals surface area contributed by atoms with Crippen LogP contribution in [0.15, 0.2) is 29.7 Å². The highest BCUT2D eigenvalue weighted by Gasteiger charge is 2.41. The zero-order valence-electron chi connectivity index (χ0n) is 19.9. The number of rotatable bonds is 5.